The van der Waals surface area contributed by atoms with E-state index in [9.17, 15) is 14.9 Å². The molecular weight excluding hydrogens is 264 g/mol. The van der Waals surface area contributed by atoms with E-state index in [0.29, 0.717) is 5.56 Å². The first kappa shape index (κ1) is 16.1. The van der Waals surface area contributed by atoms with Gasteiger partial charge >= 0.3 is 0 Å². The number of nitro groups is 1. The van der Waals surface area contributed by atoms with E-state index in [1.807, 2.05) is 0 Å². The molecule has 7 nitrogen and oxygen atoms in total. The van der Waals surface area contributed by atoms with Gasteiger partial charge in [-0.2, -0.15) is 0 Å². The minimum absolute atomic E-state index is 0.0512. The van der Waals surface area contributed by atoms with E-state index < -0.39 is 23.2 Å². The number of benzene rings is 1. The fourth-order valence-electron chi connectivity index (χ4n) is 1.95. The predicted octanol–water partition coefficient (Wildman–Crippen LogP) is 1.64. The highest BCUT2D eigenvalue weighted by molar-refractivity contribution is 5.99. The summed E-state index contributed by atoms with van der Waals surface area (Å²) in [6.45, 7) is 3.34. The zero-order valence-corrected chi connectivity index (χ0v) is 11.9. The molecule has 1 aromatic rings. The average Bonchev–Trinajstić information content (AvgIpc) is 2.39. The third-order valence-corrected chi connectivity index (χ3v) is 2.91. The van der Waals surface area contributed by atoms with Crippen molar-refractivity contribution in [3.63, 3.8) is 0 Å². The predicted molar refractivity (Wildman–Crippen MR) is 72.6 cm³/mol. The number of carbonyl (C=O) groups is 1. The van der Waals surface area contributed by atoms with Gasteiger partial charge in [-0.1, -0.05) is 12.1 Å². The molecule has 0 aliphatic carbocycles. The van der Waals surface area contributed by atoms with Crippen molar-refractivity contribution in [2.24, 2.45) is 0 Å². The topological polar surface area (TPSA) is 90.7 Å². The van der Waals surface area contributed by atoms with Crippen LogP contribution in [0, 0.1) is 17.0 Å². The number of nitro benzene ring substituents is 1. The summed E-state index contributed by atoms with van der Waals surface area (Å²) in [4.78, 5) is 22.6. The van der Waals surface area contributed by atoms with Crippen molar-refractivity contribution < 1.29 is 19.2 Å². The minimum Gasteiger partial charge on any atom is -0.354 e. The van der Waals surface area contributed by atoms with E-state index in [2.05, 4.69) is 5.32 Å². The zero-order valence-electron chi connectivity index (χ0n) is 11.9. The molecule has 20 heavy (non-hydrogen) atoms. The third-order valence-electron chi connectivity index (χ3n) is 2.91. The van der Waals surface area contributed by atoms with Gasteiger partial charge in [-0.15, -0.1) is 0 Å². The van der Waals surface area contributed by atoms with Crippen molar-refractivity contribution in [1.29, 1.82) is 0 Å². The molecular formula is C13H18N2O5. The second kappa shape index (κ2) is 6.97. The molecule has 1 N–H and O–H groups in total. The van der Waals surface area contributed by atoms with Crippen LogP contribution in [0.1, 0.15) is 22.8 Å². The van der Waals surface area contributed by atoms with Crippen LogP contribution in [0.3, 0.4) is 0 Å². The Labute approximate surface area is 117 Å². The number of rotatable bonds is 6. The van der Waals surface area contributed by atoms with Gasteiger partial charge in [0.2, 0.25) is 0 Å². The second-order valence-electron chi connectivity index (χ2n) is 4.33. The fraction of sp³-hybridized carbons (Fsp3) is 0.462. The van der Waals surface area contributed by atoms with Gasteiger partial charge in [0.15, 0.2) is 6.29 Å². The lowest BCUT2D eigenvalue weighted by molar-refractivity contribution is -0.385. The Morgan fingerprint density at radius 2 is 1.95 bits per heavy atom. The highest BCUT2D eigenvalue weighted by Gasteiger charge is 2.25. The molecule has 0 aliphatic heterocycles. The first-order valence-electron chi connectivity index (χ1n) is 6.02. The fourth-order valence-corrected chi connectivity index (χ4v) is 1.95. The highest BCUT2D eigenvalue weighted by Crippen LogP contribution is 2.21. The van der Waals surface area contributed by atoms with E-state index in [1.165, 1.54) is 20.3 Å². The Balaban J connectivity index is 3.01. The van der Waals surface area contributed by atoms with Crippen LogP contribution in [0.2, 0.25) is 0 Å². The van der Waals surface area contributed by atoms with E-state index in [1.54, 1.807) is 26.0 Å². The van der Waals surface area contributed by atoms with Gasteiger partial charge in [-0.25, -0.2) is 0 Å². The largest absolute Gasteiger partial charge is 0.354 e. The van der Waals surface area contributed by atoms with Gasteiger partial charge in [-0.05, 0) is 19.4 Å². The molecule has 1 atom stereocenters. The number of aryl methyl sites for hydroxylation is 1. The van der Waals surface area contributed by atoms with Gasteiger partial charge in [0.25, 0.3) is 11.6 Å². The van der Waals surface area contributed by atoms with Crippen molar-refractivity contribution in [1.82, 2.24) is 5.32 Å². The molecule has 0 spiro atoms. The first-order valence-corrected chi connectivity index (χ1v) is 6.02. The Morgan fingerprint density at radius 1 is 1.35 bits per heavy atom. The summed E-state index contributed by atoms with van der Waals surface area (Å²) in [5.74, 6) is -0.526. The summed E-state index contributed by atoms with van der Waals surface area (Å²) in [5.41, 5.74) is 0.367. The van der Waals surface area contributed by atoms with E-state index >= 15 is 0 Å². The molecule has 0 aliphatic rings. The summed E-state index contributed by atoms with van der Waals surface area (Å²) in [5, 5.41) is 13.6. The second-order valence-corrected chi connectivity index (χ2v) is 4.33. The maximum Gasteiger partial charge on any atom is 0.282 e. The lowest BCUT2D eigenvalue weighted by atomic mass is 10.1. The standard InChI is InChI=1S/C13H18N2O5/c1-8-6-5-7-10(15(17)18)11(8)12(16)14-9(2)13(19-3)20-4/h5-7,9,13H,1-4H3,(H,14,16). The average molecular weight is 282 g/mol. The Bertz CT molecular complexity index is 500. The zero-order chi connectivity index (χ0) is 15.3. The van der Waals surface area contributed by atoms with Gasteiger partial charge in [-0.3, -0.25) is 14.9 Å². The summed E-state index contributed by atoms with van der Waals surface area (Å²) in [6, 6.07) is 4.05. The molecule has 0 aromatic heterocycles. The van der Waals surface area contributed by atoms with E-state index in [0.717, 1.165) is 0 Å². The lowest BCUT2D eigenvalue weighted by Gasteiger charge is -2.22. The molecule has 1 aromatic carbocycles. The Kier molecular flexibility index (Phi) is 5.60. The van der Waals surface area contributed by atoms with Crippen molar-refractivity contribution in [3.05, 3.63) is 39.4 Å². The van der Waals surface area contributed by atoms with Crippen LogP contribution < -0.4 is 5.32 Å². The molecule has 110 valence electrons. The number of methoxy groups -OCH3 is 2. The smallest absolute Gasteiger partial charge is 0.282 e. The maximum absolute atomic E-state index is 12.2. The van der Waals surface area contributed by atoms with Crippen LogP contribution in [-0.2, 0) is 9.47 Å². The Hall–Kier alpha value is -1.99. The number of hydrogen-bond donors (Lipinski definition) is 1. The molecule has 0 saturated heterocycles. The van der Waals surface area contributed by atoms with Gasteiger partial charge < -0.3 is 14.8 Å². The molecule has 1 rings (SSSR count). The van der Waals surface area contributed by atoms with Crippen LogP contribution in [0.4, 0.5) is 5.69 Å². The molecule has 0 radical (unpaired) electrons. The Morgan fingerprint density at radius 3 is 2.45 bits per heavy atom. The number of amides is 1. The molecule has 1 amide bonds. The minimum atomic E-state index is -0.623. The van der Waals surface area contributed by atoms with Crippen LogP contribution in [0.25, 0.3) is 0 Å². The van der Waals surface area contributed by atoms with E-state index in [4.69, 9.17) is 9.47 Å². The summed E-state index contributed by atoms with van der Waals surface area (Å²) >= 11 is 0. The number of nitrogens with one attached hydrogen (secondary N) is 1. The molecule has 0 bridgehead atoms. The van der Waals surface area contributed by atoms with Crippen LogP contribution in [-0.4, -0.2) is 37.4 Å². The van der Waals surface area contributed by atoms with Gasteiger partial charge in [0.05, 0.1) is 11.0 Å². The van der Waals surface area contributed by atoms with Crippen molar-refractivity contribution in [3.8, 4) is 0 Å². The first-order chi connectivity index (χ1) is 9.42. The maximum atomic E-state index is 12.2. The van der Waals surface area contributed by atoms with Crippen LogP contribution in [0.15, 0.2) is 18.2 Å². The normalized spacial score (nSPS) is 12.2. The van der Waals surface area contributed by atoms with Crippen LogP contribution >= 0.6 is 0 Å². The molecule has 0 saturated carbocycles. The van der Waals surface area contributed by atoms with Gasteiger partial charge in [0.1, 0.15) is 5.56 Å². The number of nitrogens with zero attached hydrogens (tertiary/aromatic N) is 1. The van der Waals surface area contributed by atoms with Crippen molar-refractivity contribution >= 4 is 11.6 Å². The summed E-state index contributed by atoms with van der Waals surface area (Å²) < 4.78 is 10.1. The molecule has 0 heterocycles. The van der Waals surface area contributed by atoms with Gasteiger partial charge in [0, 0.05) is 20.3 Å². The monoisotopic (exact) mass is 282 g/mol. The molecule has 0 fully saturated rings. The lowest BCUT2D eigenvalue weighted by Crippen LogP contribution is -2.43. The summed E-state index contributed by atoms with van der Waals surface area (Å²) in [6.07, 6.45) is -0.623. The molecule has 1 unspecified atom stereocenters. The van der Waals surface area contributed by atoms with Crippen molar-refractivity contribution in [2.75, 3.05) is 14.2 Å². The SMILES string of the molecule is COC(OC)C(C)NC(=O)c1c(C)cccc1[N+](=O)[O-]. The number of ether oxygens (including phenoxy) is 2. The highest BCUT2D eigenvalue weighted by atomic mass is 16.7. The quantitative estimate of drug-likeness (QED) is 0.486. The van der Waals surface area contributed by atoms with Crippen LogP contribution in [0.5, 0.6) is 0 Å². The number of carbonyl (C=O) groups excluding carboxylic acids is 1. The number of hydrogen-bond acceptors (Lipinski definition) is 5. The van der Waals surface area contributed by atoms with Crippen molar-refractivity contribution in [2.45, 2.75) is 26.2 Å². The summed E-state index contributed by atoms with van der Waals surface area (Å²) in [7, 11) is 2.90. The third kappa shape index (κ3) is 3.52. The molecule has 7 heteroatoms. The van der Waals surface area contributed by atoms with E-state index in [-0.39, 0.29) is 11.3 Å².